The third kappa shape index (κ3) is 2.62. The van der Waals surface area contributed by atoms with Gasteiger partial charge in [0, 0.05) is 17.9 Å². The second-order valence-corrected chi connectivity index (χ2v) is 3.67. The zero-order valence-corrected chi connectivity index (χ0v) is 7.96. The van der Waals surface area contributed by atoms with Gasteiger partial charge in [-0.15, -0.1) is 0 Å². The number of aromatic nitrogens is 1. The molecular formula is C10H16N2. The van der Waals surface area contributed by atoms with E-state index in [4.69, 9.17) is 0 Å². The Morgan fingerprint density at radius 1 is 1.33 bits per heavy atom. The summed E-state index contributed by atoms with van der Waals surface area (Å²) in [5, 5.41) is 3.27. The standard InChI is InChI=1S/C10H16N2/c1-10(2,11-3)8-9-4-6-12-7-5-9/h4-7,11H,8H2,1-3H3. The zero-order valence-electron chi connectivity index (χ0n) is 7.96. The zero-order chi connectivity index (χ0) is 9.03. The van der Waals surface area contributed by atoms with E-state index in [1.807, 2.05) is 19.4 Å². The molecule has 0 spiro atoms. The predicted molar refractivity (Wildman–Crippen MR) is 51.1 cm³/mol. The SMILES string of the molecule is CNC(C)(C)Cc1ccncc1. The fraction of sp³-hybridized carbons (Fsp3) is 0.500. The maximum Gasteiger partial charge on any atom is 0.0270 e. The quantitative estimate of drug-likeness (QED) is 0.734. The number of hydrogen-bond donors (Lipinski definition) is 1. The van der Waals surface area contributed by atoms with E-state index in [1.165, 1.54) is 5.56 Å². The van der Waals surface area contributed by atoms with Crippen LogP contribution in [0.15, 0.2) is 24.5 Å². The molecule has 66 valence electrons. The summed E-state index contributed by atoms with van der Waals surface area (Å²) in [6.45, 7) is 4.38. The molecule has 12 heavy (non-hydrogen) atoms. The number of pyridine rings is 1. The summed E-state index contributed by atoms with van der Waals surface area (Å²) in [6, 6.07) is 4.11. The smallest absolute Gasteiger partial charge is 0.0270 e. The van der Waals surface area contributed by atoms with Crippen LogP contribution in [0.4, 0.5) is 0 Å². The molecule has 0 aliphatic rings. The monoisotopic (exact) mass is 164 g/mol. The van der Waals surface area contributed by atoms with Crippen LogP contribution >= 0.6 is 0 Å². The second-order valence-electron chi connectivity index (χ2n) is 3.67. The van der Waals surface area contributed by atoms with Gasteiger partial charge < -0.3 is 5.32 Å². The van der Waals surface area contributed by atoms with Gasteiger partial charge in [0.15, 0.2) is 0 Å². The molecule has 0 saturated heterocycles. The first-order valence-electron chi connectivity index (χ1n) is 4.22. The van der Waals surface area contributed by atoms with Gasteiger partial charge in [-0.05, 0) is 45.0 Å². The lowest BCUT2D eigenvalue weighted by Crippen LogP contribution is -2.38. The molecular weight excluding hydrogens is 148 g/mol. The van der Waals surface area contributed by atoms with Gasteiger partial charge in [-0.3, -0.25) is 4.98 Å². The van der Waals surface area contributed by atoms with E-state index in [9.17, 15) is 0 Å². The highest BCUT2D eigenvalue weighted by atomic mass is 14.9. The minimum atomic E-state index is 0.168. The molecule has 0 aliphatic heterocycles. The third-order valence-corrected chi connectivity index (χ3v) is 2.07. The normalized spacial score (nSPS) is 11.6. The van der Waals surface area contributed by atoms with E-state index in [1.54, 1.807) is 0 Å². The van der Waals surface area contributed by atoms with Gasteiger partial charge in [-0.25, -0.2) is 0 Å². The van der Waals surface area contributed by atoms with Gasteiger partial charge in [-0.2, -0.15) is 0 Å². The van der Waals surface area contributed by atoms with Crippen molar-refractivity contribution < 1.29 is 0 Å². The van der Waals surface area contributed by atoms with Crippen molar-refractivity contribution in [2.24, 2.45) is 0 Å². The first-order valence-corrected chi connectivity index (χ1v) is 4.22. The van der Waals surface area contributed by atoms with E-state index in [0.717, 1.165) is 6.42 Å². The summed E-state index contributed by atoms with van der Waals surface area (Å²) < 4.78 is 0. The van der Waals surface area contributed by atoms with Crippen molar-refractivity contribution >= 4 is 0 Å². The number of nitrogens with one attached hydrogen (secondary N) is 1. The summed E-state index contributed by atoms with van der Waals surface area (Å²) in [5.74, 6) is 0. The Kier molecular flexibility index (Phi) is 2.82. The third-order valence-electron chi connectivity index (χ3n) is 2.07. The molecule has 0 unspecified atom stereocenters. The summed E-state index contributed by atoms with van der Waals surface area (Å²) >= 11 is 0. The van der Waals surface area contributed by atoms with Crippen molar-refractivity contribution in [1.29, 1.82) is 0 Å². The fourth-order valence-electron chi connectivity index (χ4n) is 1.10. The summed E-state index contributed by atoms with van der Waals surface area (Å²) in [6.07, 6.45) is 4.70. The van der Waals surface area contributed by atoms with Crippen LogP contribution in [0.3, 0.4) is 0 Å². The topological polar surface area (TPSA) is 24.9 Å². The van der Waals surface area contributed by atoms with Crippen LogP contribution in [-0.2, 0) is 6.42 Å². The fourth-order valence-corrected chi connectivity index (χ4v) is 1.10. The molecule has 0 fully saturated rings. The highest BCUT2D eigenvalue weighted by Gasteiger charge is 2.14. The van der Waals surface area contributed by atoms with Gasteiger partial charge in [0.1, 0.15) is 0 Å². The number of nitrogens with zero attached hydrogens (tertiary/aromatic N) is 1. The van der Waals surface area contributed by atoms with Crippen molar-refractivity contribution in [3.8, 4) is 0 Å². The summed E-state index contributed by atoms with van der Waals surface area (Å²) in [7, 11) is 1.99. The molecule has 0 bridgehead atoms. The van der Waals surface area contributed by atoms with Crippen LogP contribution in [0, 0.1) is 0 Å². The Morgan fingerprint density at radius 3 is 2.42 bits per heavy atom. The summed E-state index contributed by atoms with van der Waals surface area (Å²) in [4.78, 5) is 3.98. The van der Waals surface area contributed by atoms with Crippen LogP contribution in [-0.4, -0.2) is 17.6 Å². The van der Waals surface area contributed by atoms with Crippen molar-refractivity contribution in [1.82, 2.24) is 10.3 Å². The van der Waals surface area contributed by atoms with E-state index >= 15 is 0 Å². The van der Waals surface area contributed by atoms with Crippen LogP contribution in [0.5, 0.6) is 0 Å². The van der Waals surface area contributed by atoms with Crippen LogP contribution in [0.25, 0.3) is 0 Å². The lowest BCUT2D eigenvalue weighted by molar-refractivity contribution is 0.422. The van der Waals surface area contributed by atoms with E-state index in [-0.39, 0.29) is 5.54 Å². The van der Waals surface area contributed by atoms with Crippen molar-refractivity contribution in [2.75, 3.05) is 7.05 Å². The Morgan fingerprint density at radius 2 is 1.92 bits per heavy atom. The summed E-state index contributed by atoms with van der Waals surface area (Å²) in [5.41, 5.74) is 1.49. The van der Waals surface area contributed by atoms with E-state index < -0.39 is 0 Å². The molecule has 0 aliphatic carbocycles. The molecule has 0 saturated carbocycles. The van der Waals surface area contributed by atoms with Crippen LogP contribution < -0.4 is 5.32 Å². The second kappa shape index (κ2) is 3.68. The Bertz CT molecular complexity index is 229. The first kappa shape index (κ1) is 9.20. The molecule has 1 heterocycles. The Hall–Kier alpha value is -0.890. The highest BCUT2D eigenvalue weighted by molar-refractivity contribution is 5.12. The first-order chi connectivity index (χ1) is 5.64. The number of rotatable bonds is 3. The maximum atomic E-state index is 3.98. The molecule has 1 aromatic heterocycles. The molecule has 2 heteroatoms. The van der Waals surface area contributed by atoms with Crippen LogP contribution in [0.2, 0.25) is 0 Å². The average molecular weight is 164 g/mol. The molecule has 1 rings (SSSR count). The molecule has 0 radical (unpaired) electrons. The minimum Gasteiger partial charge on any atom is -0.314 e. The highest BCUT2D eigenvalue weighted by Crippen LogP contribution is 2.10. The molecule has 0 amide bonds. The largest absolute Gasteiger partial charge is 0.314 e. The molecule has 1 aromatic rings. The van der Waals surface area contributed by atoms with Crippen molar-refractivity contribution in [3.05, 3.63) is 30.1 Å². The lowest BCUT2D eigenvalue weighted by Gasteiger charge is -2.23. The van der Waals surface area contributed by atoms with E-state index in [0.29, 0.717) is 0 Å². The predicted octanol–water partition coefficient (Wildman–Crippen LogP) is 1.62. The van der Waals surface area contributed by atoms with Gasteiger partial charge in [-0.1, -0.05) is 0 Å². The van der Waals surface area contributed by atoms with Gasteiger partial charge in [0.25, 0.3) is 0 Å². The average Bonchev–Trinajstić information content (AvgIpc) is 2.06. The molecule has 0 atom stereocenters. The van der Waals surface area contributed by atoms with Gasteiger partial charge >= 0.3 is 0 Å². The Balaban J connectivity index is 2.64. The number of hydrogen-bond acceptors (Lipinski definition) is 2. The minimum absolute atomic E-state index is 0.168. The lowest BCUT2D eigenvalue weighted by atomic mass is 9.96. The maximum absolute atomic E-state index is 3.98. The van der Waals surface area contributed by atoms with Gasteiger partial charge in [0.2, 0.25) is 0 Å². The molecule has 0 aromatic carbocycles. The van der Waals surface area contributed by atoms with E-state index in [2.05, 4.69) is 36.3 Å². The molecule has 2 nitrogen and oxygen atoms in total. The Labute approximate surface area is 74.0 Å². The van der Waals surface area contributed by atoms with Gasteiger partial charge in [0.05, 0.1) is 0 Å². The molecule has 1 N–H and O–H groups in total. The number of likely N-dealkylation sites (N-methyl/N-ethyl adjacent to an activating group) is 1. The van der Waals surface area contributed by atoms with Crippen LogP contribution in [0.1, 0.15) is 19.4 Å². The van der Waals surface area contributed by atoms with Crippen molar-refractivity contribution in [2.45, 2.75) is 25.8 Å². The van der Waals surface area contributed by atoms with Crippen molar-refractivity contribution in [3.63, 3.8) is 0 Å².